The summed E-state index contributed by atoms with van der Waals surface area (Å²) in [6.45, 7) is 3.08. The number of anilines is 1. The topological polar surface area (TPSA) is 80.7 Å². The van der Waals surface area contributed by atoms with Crippen LogP contribution in [0.4, 0.5) is 5.13 Å². The molecule has 1 heterocycles. The number of ether oxygens (including phenoxy) is 2. The normalized spacial score (nSPS) is 10.5. The zero-order chi connectivity index (χ0) is 19.9. The fraction of sp³-hybridized carbons (Fsp3) is 0.238. The minimum Gasteiger partial charge on any atom is -0.493 e. The summed E-state index contributed by atoms with van der Waals surface area (Å²) in [5, 5.41) is 14.5. The Morgan fingerprint density at radius 2 is 1.89 bits per heavy atom. The van der Waals surface area contributed by atoms with Crippen molar-refractivity contribution in [3.8, 4) is 11.5 Å². The number of rotatable bonds is 9. The number of aromatic nitrogens is 1. The van der Waals surface area contributed by atoms with E-state index in [4.69, 9.17) is 14.6 Å². The number of nitrogens with one attached hydrogen (secondary N) is 1. The van der Waals surface area contributed by atoms with Crippen LogP contribution < -0.4 is 14.8 Å². The molecule has 2 N–H and O–H groups in total. The van der Waals surface area contributed by atoms with Crippen LogP contribution in [-0.2, 0) is 24.4 Å². The van der Waals surface area contributed by atoms with Crippen molar-refractivity contribution >= 4 is 22.4 Å². The number of carboxylic acids is 1. The van der Waals surface area contributed by atoms with E-state index in [1.165, 1.54) is 16.9 Å². The van der Waals surface area contributed by atoms with Crippen molar-refractivity contribution in [3.63, 3.8) is 0 Å². The van der Waals surface area contributed by atoms with E-state index in [1.807, 2.05) is 30.3 Å². The zero-order valence-corrected chi connectivity index (χ0v) is 16.6. The SMILES string of the molecule is COc1cc(CNc2nc(CC(=O)O)cs2)ccc1OCc1ccc(C)cc1. The van der Waals surface area contributed by atoms with E-state index in [0.29, 0.717) is 35.5 Å². The third-order valence-corrected chi connectivity index (χ3v) is 4.92. The maximum atomic E-state index is 10.7. The molecule has 0 fully saturated rings. The van der Waals surface area contributed by atoms with Crippen molar-refractivity contribution in [2.45, 2.75) is 26.5 Å². The Bertz CT molecular complexity index is 938. The summed E-state index contributed by atoms with van der Waals surface area (Å²) in [6.07, 6.45) is -0.0704. The maximum absolute atomic E-state index is 10.7. The van der Waals surface area contributed by atoms with E-state index in [1.54, 1.807) is 12.5 Å². The van der Waals surface area contributed by atoms with Crippen molar-refractivity contribution in [1.82, 2.24) is 4.98 Å². The van der Waals surface area contributed by atoms with Crippen LogP contribution in [0.3, 0.4) is 0 Å². The summed E-state index contributed by atoms with van der Waals surface area (Å²) >= 11 is 1.39. The largest absolute Gasteiger partial charge is 0.493 e. The number of hydrogen-bond acceptors (Lipinski definition) is 6. The predicted molar refractivity (Wildman–Crippen MR) is 109 cm³/mol. The summed E-state index contributed by atoms with van der Waals surface area (Å²) in [6, 6.07) is 14.0. The molecule has 0 aliphatic carbocycles. The molecule has 0 aliphatic heterocycles. The molecular formula is C21H22N2O4S. The van der Waals surface area contributed by atoms with E-state index < -0.39 is 5.97 Å². The van der Waals surface area contributed by atoms with Gasteiger partial charge < -0.3 is 19.9 Å². The molecular weight excluding hydrogens is 376 g/mol. The second kappa shape index (κ2) is 9.23. The van der Waals surface area contributed by atoms with Crippen molar-refractivity contribution in [2.75, 3.05) is 12.4 Å². The highest BCUT2D eigenvalue weighted by Crippen LogP contribution is 2.29. The van der Waals surface area contributed by atoms with Gasteiger partial charge in [-0.1, -0.05) is 35.9 Å². The number of carbonyl (C=O) groups is 1. The lowest BCUT2D eigenvalue weighted by molar-refractivity contribution is -0.136. The Kier molecular flexibility index (Phi) is 6.49. The number of nitrogens with zero attached hydrogens (tertiary/aromatic N) is 1. The molecule has 0 atom stereocenters. The van der Waals surface area contributed by atoms with Crippen LogP contribution in [0.2, 0.25) is 0 Å². The van der Waals surface area contributed by atoms with E-state index in [9.17, 15) is 4.79 Å². The third kappa shape index (κ3) is 5.47. The smallest absolute Gasteiger partial charge is 0.309 e. The number of thiazole rings is 1. The first-order valence-electron chi connectivity index (χ1n) is 8.79. The molecule has 0 bridgehead atoms. The molecule has 0 saturated heterocycles. The van der Waals surface area contributed by atoms with Gasteiger partial charge in [-0.2, -0.15) is 0 Å². The highest BCUT2D eigenvalue weighted by molar-refractivity contribution is 7.13. The lowest BCUT2D eigenvalue weighted by Gasteiger charge is -2.13. The maximum Gasteiger partial charge on any atom is 0.309 e. The van der Waals surface area contributed by atoms with Crippen LogP contribution in [0.5, 0.6) is 11.5 Å². The molecule has 0 amide bonds. The van der Waals surface area contributed by atoms with Gasteiger partial charge in [0.1, 0.15) is 6.61 Å². The lowest BCUT2D eigenvalue weighted by Crippen LogP contribution is -2.03. The molecule has 0 radical (unpaired) electrons. The third-order valence-electron chi connectivity index (χ3n) is 4.07. The van der Waals surface area contributed by atoms with Gasteiger partial charge in [-0.15, -0.1) is 11.3 Å². The predicted octanol–water partition coefficient (Wildman–Crippen LogP) is 4.28. The number of benzene rings is 2. The van der Waals surface area contributed by atoms with Gasteiger partial charge in [0.25, 0.3) is 0 Å². The standard InChI is InChI=1S/C21H22N2O4S/c1-14-3-5-15(6-4-14)12-27-18-8-7-16(9-19(18)26-2)11-22-21-23-17(13-28-21)10-20(24)25/h3-9,13H,10-12H2,1-2H3,(H,22,23)(H,24,25). The van der Waals surface area contributed by atoms with Gasteiger partial charge in [0.05, 0.1) is 19.2 Å². The van der Waals surface area contributed by atoms with Crippen molar-refractivity contribution in [3.05, 3.63) is 70.2 Å². The summed E-state index contributed by atoms with van der Waals surface area (Å²) in [4.78, 5) is 15.0. The molecule has 7 heteroatoms. The minimum absolute atomic E-state index is 0.0704. The van der Waals surface area contributed by atoms with E-state index in [-0.39, 0.29) is 6.42 Å². The van der Waals surface area contributed by atoms with Crippen LogP contribution in [0.15, 0.2) is 47.8 Å². The summed E-state index contributed by atoms with van der Waals surface area (Å²) in [7, 11) is 1.62. The molecule has 28 heavy (non-hydrogen) atoms. The van der Waals surface area contributed by atoms with Crippen molar-refractivity contribution in [2.24, 2.45) is 0 Å². The quantitative estimate of drug-likeness (QED) is 0.560. The number of aliphatic carboxylic acids is 1. The highest BCUT2D eigenvalue weighted by Gasteiger charge is 2.09. The van der Waals surface area contributed by atoms with Crippen LogP contribution in [0.1, 0.15) is 22.4 Å². The molecule has 3 rings (SSSR count). The first-order valence-corrected chi connectivity index (χ1v) is 9.67. The number of aryl methyl sites for hydroxylation is 1. The van der Waals surface area contributed by atoms with Crippen molar-refractivity contribution in [1.29, 1.82) is 0 Å². The van der Waals surface area contributed by atoms with Gasteiger partial charge in [0, 0.05) is 11.9 Å². The van der Waals surface area contributed by atoms with Gasteiger partial charge in [0.15, 0.2) is 16.6 Å². The highest BCUT2D eigenvalue weighted by atomic mass is 32.1. The molecule has 0 unspecified atom stereocenters. The Morgan fingerprint density at radius 1 is 1.14 bits per heavy atom. The molecule has 0 aliphatic rings. The Morgan fingerprint density at radius 3 is 2.61 bits per heavy atom. The monoisotopic (exact) mass is 398 g/mol. The second-order valence-corrected chi connectivity index (χ2v) is 7.19. The molecule has 0 saturated carbocycles. The Hall–Kier alpha value is -3.06. The van der Waals surface area contributed by atoms with E-state index in [0.717, 1.165) is 11.1 Å². The fourth-order valence-electron chi connectivity index (χ4n) is 2.59. The fourth-order valence-corrected chi connectivity index (χ4v) is 3.30. The number of methoxy groups -OCH3 is 1. The first-order chi connectivity index (χ1) is 13.5. The van der Waals surface area contributed by atoms with Gasteiger partial charge in [0.2, 0.25) is 0 Å². The minimum atomic E-state index is -0.886. The Labute approximate surface area is 167 Å². The van der Waals surface area contributed by atoms with E-state index >= 15 is 0 Å². The molecule has 0 spiro atoms. The summed E-state index contributed by atoms with van der Waals surface area (Å²) < 4.78 is 11.4. The molecule has 1 aromatic heterocycles. The van der Waals surface area contributed by atoms with Crippen LogP contribution in [-0.4, -0.2) is 23.2 Å². The van der Waals surface area contributed by atoms with Crippen LogP contribution >= 0.6 is 11.3 Å². The Balaban J connectivity index is 1.59. The van der Waals surface area contributed by atoms with Gasteiger partial charge >= 0.3 is 5.97 Å². The first kappa shape index (κ1) is 19.7. The lowest BCUT2D eigenvalue weighted by atomic mass is 10.1. The van der Waals surface area contributed by atoms with Crippen LogP contribution in [0.25, 0.3) is 0 Å². The zero-order valence-electron chi connectivity index (χ0n) is 15.8. The second-order valence-electron chi connectivity index (χ2n) is 6.33. The average Bonchev–Trinajstić information content (AvgIpc) is 3.12. The van der Waals surface area contributed by atoms with Gasteiger partial charge in [-0.05, 0) is 30.2 Å². The van der Waals surface area contributed by atoms with Crippen LogP contribution in [0, 0.1) is 6.92 Å². The average molecular weight is 398 g/mol. The summed E-state index contributed by atoms with van der Waals surface area (Å²) in [5.41, 5.74) is 3.87. The molecule has 146 valence electrons. The number of hydrogen-bond donors (Lipinski definition) is 2. The van der Waals surface area contributed by atoms with Gasteiger partial charge in [-0.25, -0.2) is 4.98 Å². The molecule has 3 aromatic rings. The summed E-state index contributed by atoms with van der Waals surface area (Å²) in [5.74, 6) is 0.463. The number of carboxylic acid groups (broad SMARTS) is 1. The molecule has 6 nitrogen and oxygen atoms in total. The van der Waals surface area contributed by atoms with Crippen molar-refractivity contribution < 1.29 is 19.4 Å². The van der Waals surface area contributed by atoms with Gasteiger partial charge in [-0.3, -0.25) is 4.79 Å². The van der Waals surface area contributed by atoms with E-state index in [2.05, 4.69) is 29.4 Å². The molecule has 2 aromatic carbocycles.